The van der Waals surface area contributed by atoms with Crippen molar-refractivity contribution in [2.75, 3.05) is 11.9 Å². The number of nitrogens with zero attached hydrogens (tertiary/aromatic N) is 1. The highest BCUT2D eigenvalue weighted by Crippen LogP contribution is 2.32. The molecule has 0 spiro atoms. The number of phenols is 1. The van der Waals surface area contributed by atoms with Crippen LogP contribution in [0.2, 0.25) is 0 Å². The number of carboxylic acids is 1. The Balaban J connectivity index is 1.69. The van der Waals surface area contributed by atoms with Gasteiger partial charge in [0, 0.05) is 11.8 Å². The van der Waals surface area contributed by atoms with E-state index in [4.69, 9.17) is 5.11 Å². The van der Waals surface area contributed by atoms with E-state index in [1.165, 1.54) is 6.07 Å². The minimum Gasteiger partial charge on any atom is -0.507 e. The first-order chi connectivity index (χ1) is 13.7. The third kappa shape index (κ3) is 4.64. The number of thioether (sulfide) groups is 1. The van der Waals surface area contributed by atoms with Gasteiger partial charge in [0.15, 0.2) is 0 Å². The molecule has 0 saturated carbocycles. The number of amides is 3. The first kappa shape index (κ1) is 20.2. The molecular formula is C20H16N2O6S. The molecule has 1 saturated heterocycles. The number of anilines is 1. The number of carbonyl (C=O) groups excluding carboxylic acids is 3. The molecule has 1 heterocycles. The molecule has 2 aromatic carbocycles. The van der Waals surface area contributed by atoms with Crippen LogP contribution in [0.3, 0.4) is 0 Å². The molecule has 0 aromatic heterocycles. The van der Waals surface area contributed by atoms with E-state index in [0.717, 1.165) is 39.9 Å². The zero-order chi connectivity index (χ0) is 21.1. The van der Waals surface area contributed by atoms with Crippen molar-refractivity contribution in [2.24, 2.45) is 0 Å². The average molecular weight is 412 g/mol. The summed E-state index contributed by atoms with van der Waals surface area (Å²) in [6.07, 6.45) is 1.60. The van der Waals surface area contributed by atoms with Crippen LogP contribution in [0.5, 0.6) is 5.75 Å². The molecule has 0 unspecified atom stereocenters. The molecule has 148 valence electrons. The van der Waals surface area contributed by atoms with Crippen LogP contribution < -0.4 is 5.32 Å². The van der Waals surface area contributed by atoms with Gasteiger partial charge in [0.2, 0.25) is 5.91 Å². The summed E-state index contributed by atoms with van der Waals surface area (Å²) in [6.45, 7) is 1.41. The van der Waals surface area contributed by atoms with Gasteiger partial charge >= 0.3 is 5.97 Å². The monoisotopic (exact) mass is 412 g/mol. The Labute approximate surface area is 169 Å². The van der Waals surface area contributed by atoms with Crippen LogP contribution in [0.1, 0.15) is 21.5 Å². The minimum atomic E-state index is -1.31. The molecule has 0 radical (unpaired) electrons. The third-order valence-electron chi connectivity index (χ3n) is 4.03. The Bertz CT molecular complexity index is 1060. The first-order valence-electron chi connectivity index (χ1n) is 8.43. The Morgan fingerprint density at radius 3 is 2.59 bits per heavy atom. The second-order valence-electron chi connectivity index (χ2n) is 6.27. The molecule has 0 bridgehead atoms. The van der Waals surface area contributed by atoms with Crippen molar-refractivity contribution in [3.05, 3.63) is 64.1 Å². The number of aromatic hydroxyl groups is 1. The molecule has 1 fully saturated rings. The SMILES string of the molecule is Cc1cccc(/C=C2\SC(=O)N(CC(=O)Nc3ccc(C(=O)O)c(O)c3)C2=O)c1. The number of imide groups is 1. The number of hydrogen-bond donors (Lipinski definition) is 3. The molecule has 29 heavy (non-hydrogen) atoms. The molecule has 2 aromatic rings. The van der Waals surface area contributed by atoms with Crippen LogP contribution in [-0.2, 0) is 9.59 Å². The molecule has 8 nitrogen and oxygen atoms in total. The van der Waals surface area contributed by atoms with E-state index in [1.807, 2.05) is 25.1 Å². The van der Waals surface area contributed by atoms with Crippen molar-refractivity contribution in [1.29, 1.82) is 0 Å². The maximum Gasteiger partial charge on any atom is 0.339 e. The summed E-state index contributed by atoms with van der Waals surface area (Å²) in [5, 5.41) is 20.4. The second-order valence-corrected chi connectivity index (χ2v) is 7.26. The van der Waals surface area contributed by atoms with E-state index in [-0.39, 0.29) is 16.2 Å². The quantitative estimate of drug-likeness (QED) is 0.645. The zero-order valence-electron chi connectivity index (χ0n) is 15.2. The molecule has 1 aliphatic rings. The number of hydrogen-bond acceptors (Lipinski definition) is 6. The van der Waals surface area contributed by atoms with Gasteiger partial charge in [-0.15, -0.1) is 0 Å². The Hall–Kier alpha value is -3.59. The van der Waals surface area contributed by atoms with Gasteiger partial charge in [0.25, 0.3) is 11.1 Å². The van der Waals surface area contributed by atoms with Gasteiger partial charge in [-0.25, -0.2) is 4.79 Å². The zero-order valence-corrected chi connectivity index (χ0v) is 16.0. The van der Waals surface area contributed by atoms with Crippen LogP contribution in [0.15, 0.2) is 47.4 Å². The van der Waals surface area contributed by atoms with Crippen molar-refractivity contribution in [2.45, 2.75) is 6.92 Å². The van der Waals surface area contributed by atoms with Crippen LogP contribution >= 0.6 is 11.8 Å². The van der Waals surface area contributed by atoms with Crippen molar-refractivity contribution < 1.29 is 29.4 Å². The van der Waals surface area contributed by atoms with Crippen LogP contribution in [0.25, 0.3) is 6.08 Å². The van der Waals surface area contributed by atoms with Crippen LogP contribution in [0.4, 0.5) is 10.5 Å². The van der Waals surface area contributed by atoms with Gasteiger partial charge in [-0.3, -0.25) is 19.3 Å². The number of aryl methyl sites for hydroxylation is 1. The summed E-state index contributed by atoms with van der Waals surface area (Å²) in [6, 6.07) is 10.9. The fourth-order valence-corrected chi connectivity index (χ4v) is 3.52. The first-order valence-corrected chi connectivity index (χ1v) is 9.24. The molecule has 0 atom stereocenters. The Kier molecular flexibility index (Phi) is 5.69. The Morgan fingerprint density at radius 1 is 1.17 bits per heavy atom. The number of nitrogens with one attached hydrogen (secondary N) is 1. The summed E-state index contributed by atoms with van der Waals surface area (Å²) in [4.78, 5) is 48.8. The van der Waals surface area contributed by atoms with E-state index < -0.39 is 35.3 Å². The Morgan fingerprint density at radius 2 is 1.93 bits per heavy atom. The maximum absolute atomic E-state index is 12.5. The van der Waals surface area contributed by atoms with E-state index in [0.29, 0.717) is 0 Å². The normalized spacial score (nSPS) is 15.1. The van der Waals surface area contributed by atoms with Crippen LogP contribution in [-0.4, -0.2) is 44.7 Å². The lowest BCUT2D eigenvalue weighted by Crippen LogP contribution is -2.36. The lowest BCUT2D eigenvalue weighted by atomic mass is 10.1. The molecule has 3 rings (SSSR count). The molecule has 1 aliphatic heterocycles. The second kappa shape index (κ2) is 8.19. The van der Waals surface area contributed by atoms with E-state index >= 15 is 0 Å². The maximum atomic E-state index is 12.5. The summed E-state index contributed by atoms with van der Waals surface area (Å²) < 4.78 is 0. The van der Waals surface area contributed by atoms with Crippen molar-refractivity contribution in [3.8, 4) is 5.75 Å². The number of carboxylic acid groups (broad SMARTS) is 1. The van der Waals surface area contributed by atoms with Crippen LogP contribution in [0, 0.1) is 6.92 Å². The molecule has 9 heteroatoms. The summed E-state index contributed by atoms with van der Waals surface area (Å²) in [5.41, 5.74) is 1.61. The largest absolute Gasteiger partial charge is 0.507 e. The van der Waals surface area contributed by atoms with Gasteiger partial charge in [0.05, 0.1) is 4.91 Å². The van der Waals surface area contributed by atoms with E-state index in [2.05, 4.69) is 5.32 Å². The average Bonchev–Trinajstić information content (AvgIpc) is 2.89. The lowest BCUT2D eigenvalue weighted by Gasteiger charge is -2.13. The smallest absolute Gasteiger partial charge is 0.339 e. The van der Waals surface area contributed by atoms with E-state index in [9.17, 15) is 24.3 Å². The predicted octanol–water partition coefficient (Wildman–Crippen LogP) is 3.07. The molecular weight excluding hydrogens is 396 g/mol. The van der Waals surface area contributed by atoms with Gasteiger partial charge in [-0.05, 0) is 42.5 Å². The highest BCUT2D eigenvalue weighted by molar-refractivity contribution is 8.18. The summed E-state index contributed by atoms with van der Waals surface area (Å²) in [7, 11) is 0. The topological polar surface area (TPSA) is 124 Å². The number of benzene rings is 2. The summed E-state index contributed by atoms with van der Waals surface area (Å²) >= 11 is 0.752. The van der Waals surface area contributed by atoms with Crippen molar-refractivity contribution in [1.82, 2.24) is 4.90 Å². The lowest BCUT2D eigenvalue weighted by molar-refractivity contribution is -0.127. The molecule has 3 N–H and O–H groups in total. The number of rotatable bonds is 5. The van der Waals surface area contributed by atoms with E-state index in [1.54, 1.807) is 12.1 Å². The standard InChI is InChI=1S/C20H16N2O6S/c1-11-3-2-4-12(7-11)8-16-18(25)22(20(28)29-16)10-17(24)21-13-5-6-14(19(26)27)15(23)9-13/h2-9,23H,10H2,1H3,(H,21,24)(H,26,27)/b16-8-. The van der Waals surface area contributed by atoms with Crippen molar-refractivity contribution >= 4 is 46.5 Å². The highest BCUT2D eigenvalue weighted by atomic mass is 32.2. The fraction of sp³-hybridized carbons (Fsp3) is 0.100. The van der Waals surface area contributed by atoms with Gasteiger partial charge in [0.1, 0.15) is 17.9 Å². The predicted molar refractivity (Wildman–Crippen MR) is 108 cm³/mol. The highest BCUT2D eigenvalue weighted by Gasteiger charge is 2.36. The van der Waals surface area contributed by atoms with Gasteiger partial charge in [-0.1, -0.05) is 29.8 Å². The minimum absolute atomic E-state index is 0.139. The number of aromatic carboxylic acids is 1. The van der Waals surface area contributed by atoms with Gasteiger partial charge in [-0.2, -0.15) is 0 Å². The fourth-order valence-electron chi connectivity index (χ4n) is 2.68. The van der Waals surface area contributed by atoms with Crippen molar-refractivity contribution in [3.63, 3.8) is 0 Å². The third-order valence-corrected chi connectivity index (χ3v) is 4.93. The van der Waals surface area contributed by atoms with Gasteiger partial charge < -0.3 is 15.5 Å². The molecule has 3 amide bonds. The summed E-state index contributed by atoms with van der Waals surface area (Å²) in [5.74, 6) is -3.05. The number of carbonyl (C=O) groups is 4. The molecule has 0 aliphatic carbocycles.